The number of rotatable bonds is 4. The van der Waals surface area contributed by atoms with Gasteiger partial charge in [-0.2, -0.15) is 0 Å². The predicted molar refractivity (Wildman–Crippen MR) is 116 cm³/mol. The zero-order chi connectivity index (χ0) is 20.2. The van der Waals surface area contributed by atoms with Gasteiger partial charge in [-0.1, -0.05) is 35.9 Å². The minimum Gasteiger partial charge on any atom is -0.592 e. The van der Waals surface area contributed by atoms with Crippen molar-refractivity contribution in [1.82, 2.24) is 15.0 Å². The Labute approximate surface area is 172 Å². The van der Waals surface area contributed by atoms with Crippen molar-refractivity contribution in [2.24, 2.45) is 0 Å². The number of nitrogens with one attached hydrogen (secondary N) is 2. The van der Waals surface area contributed by atoms with Crippen molar-refractivity contribution in [2.45, 2.75) is 0 Å². The second-order valence-corrected chi connectivity index (χ2v) is 6.65. The standard InChI is InChI=1S/C22H16ClN5O/c23-20-9-7-16(13-26-20)27-22-25-11-10-19(28-22)15-6-8-18(24)17(12-15)21(29)14-4-2-1-3-5-14/h1-13,24,29H,(H,25,27,28)/p+1/b21-17-,24-18?. The fourth-order valence-corrected chi connectivity index (χ4v) is 2.94. The zero-order valence-corrected chi connectivity index (χ0v) is 16.0. The molecule has 2 aromatic heterocycles. The highest BCUT2D eigenvalue weighted by Gasteiger charge is 2.19. The quantitative estimate of drug-likeness (QED) is 0.384. The van der Waals surface area contributed by atoms with Crippen molar-refractivity contribution < 1.29 is 5.11 Å². The summed E-state index contributed by atoms with van der Waals surface area (Å²) in [5.41, 5.74) is 3.81. The van der Waals surface area contributed by atoms with Gasteiger partial charge in [0.15, 0.2) is 0 Å². The summed E-state index contributed by atoms with van der Waals surface area (Å²) < 4.78 is 0. The fourth-order valence-electron chi connectivity index (χ4n) is 2.83. The summed E-state index contributed by atoms with van der Waals surface area (Å²) in [7, 11) is 0. The van der Waals surface area contributed by atoms with Crippen molar-refractivity contribution >= 4 is 40.3 Å². The van der Waals surface area contributed by atoms with Gasteiger partial charge in [0.2, 0.25) is 5.95 Å². The molecular formula is C22H17ClN5O+. The van der Waals surface area contributed by atoms with E-state index in [0.717, 1.165) is 16.8 Å². The molecular weight excluding hydrogens is 386 g/mol. The second kappa shape index (κ2) is 8.08. The first kappa shape index (κ1) is 18.6. The number of allylic oxidation sites excluding steroid dienone is 5. The lowest BCUT2D eigenvalue weighted by atomic mass is 9.95. The van der Waals surface area contributed by atoms with E-state index in [4.69, 9.17) is 22.1 Å². The Kier molecular flexibility index (Phi) is 5.18. The summed E-state index contributed by atoms with van der Waals surface area (Å²) in [5.74, 6) is 0.721. The predicted octanol–water partition coefficient (Wildman–Crippen LogP) is 4.38. The van der Waals surface area contributed by atoms with Crippen molar-refractivity contribution in [3.05, 3.63) is 101 Å². The molecule has 0 radical (unpaired) electrons. The van der Waals surface area contributed by atoms with Crippen LogP contribution in [0.25, 0.3) is 11.3 Å². The van der Waals surface area contributed by atoms with Crippen molar-refractivity contribution in [2.75, 3.05) is 5.32 Å². The molecule has 142 valence electrons. The Hall–Kier alpha value is -3.77. The molecule has 0 saturated carbocycles. The Bertz CT molecular complexity index is 1150. The summed E-state index contributed by atoms with van der Waals surface area (Å²) in [5, 5.41) is 20.2. The van der Waals surface area contributed by atoms with Crippen LogP contribution in [0.4, 0.5) is 11.6 Å². The topological polar surface area (TPSA) is 97.5 Å². The van der Waals surface area contributed by atoms with Crippen molar-refractivity contribution in [3.8, 4) is 0 Å². The van der Waals surface area contributed by atoms with Gasteiger partial charge >= 0.3 is 0 Å². The Morgan fingerprint density at radius 3 is 2.59 bits per heavy atom. The summed E-state index contributed by atoms with van der Waals surface area (Å²) in [6.07, 6.45) is 8.57. The van der Waals surface area contributed by atoms with Crippen LogP contribution in [0.5, 0.6) is 0 Å². The van der Waals surface area contributed by atoms with Gasteiger partial charge < -0.3 is 10.4 Å². The van der Waals surface area contributed by atoms with Gasteiger partial charge in [0.1, 0.15) is 5.15 Å². The van der Waals surface area contributed by atoms with Crippen LogP contribution in [0, 0.1) is 5.41 Å². The first-order valence-corrected chi connectivity index (χ1v) is 9.20. The average Bonchev–Trinajstić information content (AvgIpc) is 2.76. The molecule has 0 saturated heterocycles. The Morgan fingerprint density at radius 1 is 1.00 bits per heavy atom. The second-order valence-electron chi connectivity index (χ2n) is 6.26. The lowest BCUT2D eigenvalue weighted by Crippen LogP contribution is -2.06. The monoisotopic (exact) mass is 402 g/mol. The number of halogens is 1. The van der Waals surface area contributed by atoms with E-state index in [1.807, 2.05) is 42.5 Å². The lowest BCUT2D eigenvalue weighted by Gasteiger charge is -2.12. The van der Waals surface area contributed by atoms with E-state index in [9.17, 15) is 0 Å². The first-order valence-electron chi connectivity index (χ1n) is 8.82. The van der Waals surface area contributed by atoms with E-state index >= 15 is 0 Å². The van der Waals surface area contributed by atoms with Gasteiger partial charge in [-0.3, -0.25) is 5.41 Å². The number of hydrogen-bond acceptors (Lipinski definition) is 5. The van der Waals surface area contributed by atoms with Crippen LogP contribution in [0.2, 0.25) is 5.15 Å². The maximum Gasteiger partial charge on any atom is 0.270 e. The smallest absolute Gasteiger partial charge is 0.270 e. The van der Waals surface area contributed by atoms with Gasteiger partial charge in [0, 0.05) is 11.8 Å². The number of anilines is 2. The zero-order valence-electron chi connectivity index (χ0n) is 15.2. The molecule has 6 nitrogen and oxygen atoms in total. The highest BCUT2D eigenvalue weighted by molar-refractivity contribution is 6.29. The third-order valence-electron chi connectivity index (χ3n) is 4.29. The van der Waals surface area contributed by atoms with E-state index in [2.05, 4.69) is 20.3 Å². The van der Waals surface area contributed by atoms with E-state index < -0.39 is 0 Å². The lowest BCUT2D eigenvalue weighted by molar-refractivity contribution is 0.510. The number of pyridine rings is 1. The Morgan fingerprint density at radius 2 is 1.83 bits per heavy atom. The van der Waals surface area contributed by atoms with E-state index in [-0.39, 0.29) is 0 Å². The summed E-state index contributed by atoms with van der Waals surface area (Å²) in [4.78, 5) is 12.8. The molecule has 4 N–H and O–H groups in total. The van der Waals surface area contributed by atoms with Crippen molar-refractivity contribution in [1.29, 1.82) is 5.41 Å². The van der Waals surface area contributed by atoms with Gasteiger partial charge in [0.05, 0.1) is 34.4 Å². The van der Waals surface area contributed by atoms with Gasteiger partial charge in [-0.15, -0.1) is 0 Å². The van der Waals surface area contributed by atoms with E-state index in [1.54, 1.807) is 36.7 Å². The summed E-state index contributed by atoms with van der Waals surface area (Å²) in [6.45, 7) is 0. The van der Waals surface area contributed by atoms with Crippen LogP contribution in [0.3, 0.4) is 0 Å². The van der Waals surface area contributed by atoms with E-state index in [1.165, 1.54) is 0 Å². The number of nitrogens with zero attached hydrogens (tertiary/aromatic N) is 3. The minimum atomic E-state index is 0.294. The van der Waals surface area contributed by atoms with Crippen LogP contribution in [-0.4, -0.2) is 25.8 Å². The number of benzene rings is 1. The minimum absolute atomic E-state index is 0.294. The third-order valence-corrected chi connectivity index (χ3v) is 4.51. The molecule has 0 bridgehead atoms. The SMILES string of the molecule is N=C1C=CC(c2ccnc(Nc3ccc(Cl)nc3)n2)=C/C1=C(/[OH2+])c1ccccc1. The van der Waals surface area contributed by atoms with Crippen LogP contribution in [-0.2, 0) is 0 Å². The highest BCUT2D eigenvalue weighted by Crippen LogP contribution is 2.27. The highest BCUT2D eigenvalue weighted by atomic mass is 35.5. The fraction of sp³-hybridized carbons (Fsp3) is 0. The Balaban J connectivity index is 1.66. The molecule has 0 fully saturated rings. The largest absolute Gasteiger partial charge is 0.592 e. The van der Waals surface area contributed by atoms with Gasteiger partial charge in [-0.25, -0.2) is 15.0 Å². The molecule has 0 amide bonds. The third kappa shape index (κ3) is 4.23. The molecule has 29 heavy (non-hydrogen) atoms. The molecule has 7 heteroatoms. The van der Waals surface area contributed by atoms with Crippen LogP contribution in [0.1, 0.15) is 11.3 Å². The molecule has 0 unspecified atom stereocenters. The number of aromatic nitrogens is 3. The van der Waals surface area contributed by atoms with Gasteiger partial charge in [-0.05, 0) is 42.5 Å². The summed E-state index contributed by atoms with van der Waals surface area (Å²) >= 11 is 5.81. The van der Waals surface area contributed by atoms with Gasteiger partial charge in [0.25, 0.3) is 5.76 Å². The normalized spacial score (nSPS) is 15.1. The first-order chi connectivity index (χ1) is 14.1. The van der Waals surface area contributed by atoms with Crippen LogP contribution in [0.15, 0.2) is 84.7 Å². The molecule has 2 heterocycles. The maximum atomic E-state index is 8.50. The van der Waals surface area contributed by atoms with Crippen LogP contribution < -0.4 is 5.32 Å². The van der Waals surface area contributed by atoms with Crippen LogP contribution >= 0.6 is 11.6 Å². The molecule has 0 atom stereocenters. The molecule has 4 rings (SSSR count). The average molecular weight is 403 g/mol. The number of hydrogen-bond donors (Lipinski definition) is 2. The summed E-state index contributed by atoms with van der Waals surface area (Å²) in [6, 6.07) is 14.7. The van der Waals surface area contributed by atoms with E-state index in [0.29, 0.717) is 33.8 Å². The molecule has 1 aliphatic carbocycles. The molecule has 1 aliphatic rings. The molecule has 1 aromatic carbocycles. The molecule has 3 aromatic rings. The maximum absolute atomic E-state index is 8.50. The van der Waals surface area contributed by atoms with Crippen molar-refractivity contribution in [3.63, 3.8) is 0 Å². The molecule has 0 spiro atoms. The molecule has 0 aliphatic heterocycles.